The normalized spacial score (nSPS) is 14.0. The summed E-state index contributed by atoms with van der Waals surface area (Å²) in [5.41, 5.74) is 0. The largest absolute Gasteiger partial charge is 0.497 e. The van der Waals surface area contributed by atoms with Crippen molar-refractivity contribution in [1.82, 2.24) is 0 Å². The second-order valence-corrected chi connectivity index (χ2v) is 6.84. The maximum absolute atomic E-state index is 12.8. The number of rotatable bonds is 3. The first-order chi connectivity index (χ1) is 8.14. The van der Waals surface area contributed by atoms with E-state index in [1.165, 1.54) is 0 Å². The van der Waals surface area contributed by atoms with Crippen LogP contribution < -0.4 is 15.3 Å². The second kappa shape index (κ2) is 4.77. The maximum atomic E-state index is 12.8. The van der Waals surface area contributed by atoms with E-state index in [1.54, 1.807) is 13.8 Å². The van der Waals surface area contributed by atoms with Crippen LogP contribution in [-0.2, 0) is 4.57 Å². The van der Waals surface area contributed by atoms with Crippen molar-refractivity contribution in [2.75, 3.05) is 13.8 Å². The minimum absolute atomic E-state index is 0.779. The van der Waals surface area contributed by atoms with Gasteiger partial charge in [-0.1, -0.05) is 30.3 Å². The monoisotopic (exact) mass is 246 g/mol. The summed E-state index contributed by atoms with van der Waals surface area (Å²) >= 11 is 0. The van der Waals surface area contributed by atoms with Gasteiger partial charge in [-0.2, -0.15) is 0 Å². The number of ether oxygens (including phenoxy) is 1. The zero-order chi connectivity index (χ0) is 12.3. The molecule has 0 N–H and O–H groups in total. The van der Waals surface area contributed by atoms with Gasteiger partial charge in [-0.05, 0) is 30.9 Å². The summed E-state index contributed by atoms with van der Waals surface area (Å²) in [6.07, 6.45) is 0. The predicted molar refractivity (Wildman–Crippen MR) is 72.2 cm³/mol. The molecule has 17 heavy (non-hydrogen) atoms. The Morgan fingerprint density at radius 2 is 1.41 bits per heavy atom. The Balaban J connectivity index is 2.41. The first-order valence-corrected chi connectivity index (χ1v) is 7.58. The fraction of sp³-hybridized carbons (Fsp3) is 0.143. The van der Waals surface area contributed by atoms with Crippen LogP contribution in [0, 0.1) is 0 Å². The molecule has 2 rings (SSSR count). The van der Waals surface area contributed by atoms with E-state index in [1.807, 2.05) is 54.6 Å². The lowest BCUT2D eigenvalue weighted by atomic mass is 10.3. The lowest BCUT2D eigenvalue weighted by Gasteiger charge is -2.14. The van der Waals surface area contributed by atoms with Crippen molar-refractivity contribution < 1.29 is 9.30 Å². The Labute approximate surface area is 102 Å². The van der Waals surface area contributed by atoms with E-state index < -0.39 is 7.14 Å². The van der Waals surface area contributed by atoms with E-state index in [4.69, 9.17) is 4.74 Å². The fourth-order valence-electron chi connectivity index (χ4n) is 1.73. The van der Waals surface area contributed by atoms with Crippen LogP contribution in [0.3, 0.4) is 0 Å². The molecule has 0 saturated heterocycles. The van der Waals surface area contributed by atoms with Gasteiger partial charge in [0.05, 0.1) is 7.11 Å². The number of benzene rings is 2. The Morgan fingerprint density at radius 3 is 1.94 bits per heavy atom. The molecule has 0 aliphatic carbocycles. The van der Waals surface area contributed by atoms with Crippen LogP contribution in [0.15, 0.2) is 54.6 Å². The molecule has 2 aromatic carbocycles. The van der Waals surface area contributed by atoms with Crippen molar-refractivity contribution in [2.45, 2.75) is 0 Å². The third-order valence-electron chi connectivity index (χ3n) is 2.81. The van der Waals surface area contributed by atoms with E-state index in [-0.39, 0.29) is 0 Å². The molecule has 2 aromatic rings. The molecular weight excluding hydrogens is 231 g/mol. The van der Waals surface area contributed by atoms with Gasteiger partial charge in [0.1, 0.15) is 12.9 Å². The molecular formula is C14H15O2P. The molecule has 0 aromatic heterocycles. The molecule has 0 bridgehead atoms. The van der Waals surface area contributed by atoms with Crippen LogP contribution in [0.2, 0.25) is 0 Å². The van der Waals surface area contributed by atoms with E-state index in [0.29, 0.717) is 0 Å². The maximum Gasteiger partial charge on any atom is 0.140 e. The zero-order valence-corrected chi connectivity index (χ0v) is 10.9. The van der Waals surface area contributed by atoms with Gasteiger partial charge in [0.2, 0.25) is 0 Å². The molecule has 0 fully saturated rings. The molecule has 0 amide bonds. The van der Waals surface area contributed by atoms with Crippen LogP contribution in [-0.4, -0.2) is 13.8 Å². The summed E-state index contributed by atoms with van der Waals surface area (Å²) < 4.78 is 17.9. The lowest BCUT2D eigenvalue weighted by molar-refractivity contribution is 0.415. The minimum Gasteiger partial charge on any atom is -0.497 e. The van der Waals surface area contributed by atoms with Crippen molar-refractivity contribution in [3.05, 3.63) is 54.6 Å². The highest BCUT2D eigenvalue weighted by atomic mass is 31.2. The first-order valence-electron chi connectivity index (χ1n) is 5.42. The fourth-order valence-corrected chi connectivity index (χ4v) is 3.49. The van der Waals surface area contributed by atoms with Gasteiger partial charge in [-0.25, -0.2) is 0 Å². The van der Waals surface area contributed by atoms with Crippen molar-refractivity contribution in [2.24, 2.45) is 0 Å². The van der Waals surface area contributed by atoms with E-state index in [2.05, 4.69) is 0 Å². The summed E-state index contributed by atoms with van der Waals surface area (Å²) in [7, 11) is -0.860. The van der Waals surface area contributed by atoms with Gasteiger partial charge in [-0.3, -0.25) is 0 Å². The highest BCUT2D eigenvalue weighted by Gasteiger charge is 2.20. The highest BCUT2D eigenvalue weighted by Crippen LogP contribution is 2.38. The molecule has 3 heteroatoms. The molecule has 0 unspecified atom stereocenters. The third kappa shape index (κ3) is 2.42. The van der Waals surface area contributed by atoms with E-state index in [0.717, 1.165) is 16.4 Å². The highest BCUT2D eigenvalue weighted by molar-refractivity contribution is 7.78. The van der Waals surface area contributed by atoms with Crippen LogP contribution in [0.5, 0.6) is 5.75 Å². The summed E-state index contributed by atoms with van der Waals surface area (Å²) in [5, 5.41) is 1.73. The van der Waals surface area contributed by atoms with Gasteiger partial charge < -0.3 is 9.30 Å². The summed E-state index contributed by atoms with van der Waals surface area (Å²) in [6.45, 7) is 1.80. The standard InChI is InChI=1S/C14H15O2P/c1-16-12-8-10-14(11-9-12)17(2,15)13-6-4-3-5-7-13/h3-11H,1-2H3/t17-/m0/s1. The molecule has 0 heterocycles. The van der Waals surface area contributed by atoms with Crippen LogP contribution in [0.4, 0.5) is 0 Å². The molecule has 0 aliphatic rings. The Bertz CT molecular complexity index is 532. The number of hydrogen-bond acceptors (Lipinski definition) is 2. The summed E-state index contributed by atoms with van der Waals surface area (Å²) in [4.78, 5) is 0. The van der Waals surface area contributed by atoms with Gasteiger partial charge >= 0.3 is 0 Å². The predicted octanol–water partition coefficient (Wildman–Crippen LogP) is 2.64. The van der Waals surface area contributed by atoms with Crippen molar-refractivity contribution in [3.8, 4) is 5.75 Å². The van der Waals surface area contributed by atoms with Crippen LogP contribution >= 0.6 is 7.14 Å². The molecule has 0 spiro atoms. The SMILES string of the molecule is COc1ccc([P@@](C)(=O)c2ccccc2)cc1. The Kier molecular flexibility index (Phi) is 3.35. The van der Waals surface area contributed by atoms with Crippen molar-refractivity contribution in [1.29, 1.82) is 0 Å². The van der Waals surface area contributed by atoms with Gasteiger partial charge in [0, 0.05) is 10.6 Å². The average Bonchev–Trinajstić information content (AvgIpc) is 2.40. The summed E-state index contributed by atoms with van der Waals surface area (Å²) in [6, 6.07) is 17.0. The smallest absolute Gasteiger partial charge is 0.140 e. The topological polar surface area (TPSA) is 26.3 Å². The number of hydrogen-bond donors (Lipinski definition) is 0. The molecule has 2 nitrogen and oxygen atoms in total. The van der Waals surface area contributed by atoms with Crippen LogP contribution in [0.25, 0.3) is 0 Å². The van der Waals surface area contributed by atoms with Gasteiger partial charge in [0.15, 0.2) is 0 Å². The first kappa shape index (κ1) is 11.9. The number of methoxy groups -OCH3 is 1. The lowest BCUT2D eigenvalue weighted by Crippen LogP contribution is -2.14. The zero-order valence-electron chi connectivity index (χ0n) is 9.96. The quantitative estimate of drug-likeness (QED) is 0.778. The van der Waals surface area contributed by atoms with Gasteiger partial charge in [-0.15, -0.1) is 0 Å². The van der Waals surface area contributed by atoms with Crippen molar-refractivity contribution >= 4 is 17.8 Å². The van der Waals surface area contributed by atoms with E-state index >= 15 is 0 Å². The Hall–Kier alpha value is -1.53. The molecule has 88 valence electrons. The van der Waals surface area contributed by atoms with Gasteiger partial charge in [0.25, 0.3) is 0 Å². The Morgan fingerprint density at radius 1 is 0.882 bits per heavy atom. The minimum atomic E-state index is -2.48. The van der Waals surface area contributed by atoms with Crippen LogP contribution in [0.1, 0.15) is 0 Å². The van der Waals surface area contributed by atoms with E-state index in [9.17, 15) is 4.57 Å². The average molecular weight is 246 g/mol. The second-order valence-electron chi connectivity index (χ2n) is 3.96. The molecule has 0 saturated carbocycles. The molecule has 0 radical (unpaired) electrons. The van der Waals surface area contributed by atoms with Crippen molar-refractivity contribution in [3.63, 3.8) is 0 Å². The summed E-state index contributed by atoms with van der Waals surface area (Å²) in [5.74, 6) is 0.779. The third-order valence-corrected chi connectivity index (χ3v) is 5.38. The molecule has 1 atom stereocenters. The molecule has 0 aliphatic heterocycles.